The second-order valence-electron chi connectivity index (χ2n) is 5.93. The fraction of sp³-hybridized carbons (Fsp3) is 0.562. The van der Waals surface area contributed by atoms with Gasteiger partial charge in [-0.3, -0.25) is 0 Å². The highest BCUT2D eigenvalue weighted by atomic mass is 19.4. The Bertz CT molecular complexity index is 535. The van der Waals surface area contributed by atoms with E-state index in [9.17, 15) is 13.2 Å². The lowest BCUT2D eigenvalue weighted by Crippen LogP contribution is -2.37. The molecule has 5 heteroatoms. The molecule has 2 unspecified atom stereocenters. The third-order valence-corrected chi connectivity index (χ3v) is 4.33. The number of nitrogens with zero attached hydrogens (tertiary/aromatic N) is 1. The van der Waals surface area contributed by atoms with Crippen LogP contribution in [0.15, 0.2) is 18.2 Å². The van der Waals surface area contributed by atoms with Gasteiger partial charge in [-0.25, -0.2) is 0 Å². The summed E-state index contributed by atoms with van der Waals surface area (Å²) in [5.41, 5.74) is -0.236. The third-order valence-electron chi connectivity index (χ3n) is 4.33. The summed E-state index contributed by atoms with van der Waals surface area (Å²) in [6.07, 6.45) is -1.04. The second-order valence-corrected chi connectivity index (χ2v) is 5.93. The smallest absolute Gasteiger partial charge is 0.381 e. The molecule has 0 radical (unpaired) electrons. The zero-order valence-corrected chi connectivity index (χ0v) is 12.2. The first kappa shape index (κ1) is 15.7. The molecule has 1 saturated carbocycles. The average Bonchev–Trinajstić information content (AvgIpc) is 2.42. The number of hydrogen-bond acceptors (Lipinski definition) is 2. The maximum atomic E-state index is 12.7. The standard InChI is InChI=1S/C16H19F3N2/c1-10-4-3-5-11(2)15(10)21-14-7-6-13(16(17,18)19)8-12(14)9-20/h6-8,10-11,15,21H,3-5H2,1-2H3. The van der Waals surface area contributed by atoms with Crippen molar-refractivity contribution in [2.75, 3.05) is 5.32 Å². The van der Waals surface area contributed by atoms with Crippen LogP contribution in [0, 0.1) is 23.2 Å². The van der Waals surface area contributed by atoms with Crippen molar-refractivity contribution in [1.82, 2.24) is 0 Å². The Morgan fingerprint density at radius 3 is 2.33 bits per heavy atom. The van der Waals surface area contributed by atoms with Crippen LogP contribution in [0.1, 0.15) is 44.2 Å². The van der Waals surface area contributed by atoms with Gasteiger partial charge in [0.25, 0.3) is 0 Å². The quantitative estimate of drug-likeness (QED) is 0.849. The van der Waals surface area contributed by atoms with Crippen LogP contribution >= 0.6 is 0 Å². The van der Waals surface area contributed by atoms with E-state index in [2.05, 4.69) is 19.2 Å². The van der Waals surface area contributed by atoms with E-state index >= 15 is 0 Å². The van der Waals surface area contributed by atoms with Crippen molar-refractivity contribution >= 4 is 5.69 Å². The summed E-state index contributed by atoms with van der Waals surface area (Å²) in [5.74, 6) is 0.894. The first-order valence-corrected chi connectivity index (χ1v) is 7.21. The van der Waals surface area contributed by atoms with Crippen molar-refractivity contribution in [1.29, 1.82) is 5.26 Å². The zero-order valence-electron chi connectivity index (χ0n) is 12.2. The molecule has 1 aromatic carbocycles. The van der Waals surface area contributed by atoms with E-state index in [1.807, 2.05) is 6.07 Å². The monoisotopic (exact) mass is 296 g/mol. The van der Waals surface area contributed by atoms with E-state index in [4.69, 9.17) is 5.26 Å². The van der Waals surface area contributed by atoms with Gasteiger partial charge in [-0.1, -0.05) is 20.3 Å². The molecule has 1 fully saturated rings. The van der Waals surface area contributed by atoms with Gasteiger partial charge in [-0.15, -0.1) is 0 Å². The van der Waals surface area contributed by atoms with Gasteiger partial charge in [0, 0.05) is 6.04 Å². The Morgan fingerprint density at radius 2 is 1.81 bits per heavy atom. The number of benzene rings is 1. The van der Waals surface area contributed by atoms with Crippen LogP contribution in [0.25, 0.3) is 0 Å². The minimum absolute atomic E-state index is 0.0507. The summed E-state index contributed by atoms with van der Waals surface area (Å²) in [5, 5.41) is 12.4. The van der Waals surface area contributed by atoms with Gasteiger partial charge < -0.3 is 5.32 Å². The van der Waals surface area contributed by atoms with Gasteiger partial charge in [-0.2, -0.15) is 18.4 Å². The molecule has 1 aliphatic rings. The van der Waals surface area contributed by atoms with E-state index < -0.39 is 11.7 Å². The Balaban J connectivity index is 2.26. The van der Waals surface area contributed by atoms with Crippen LogP contribution in [0.3, 0.4) is 0 Å². The predicted octanol–water partition coefficient (Wildman–Crippen LogP) is 4.81. The van der Waals surface area contributed by atoms with Crippen LogP contribution in [-0.2, 0) is 6.18 Å². The fourth-order valence-electron chi connectivity index (χ4n) is 3.08. The van der Waals surface area contributed by atoms with E-state index in [-0.39, 0.29) is 11.6 Å². The molecular formula is C16H19F3N2. The highest BCUT2D eigenvalue weighted by molar-refractivity contribution is 5.59. The molecule has 0 amide bonds. The highest BCUT2D eigenvalue weighted by Gasteiger charge is 2.32. The Kier molecular flexibility index (Phi) is 4.46. The van der Waals surface area contributed by atoms with E-state index in [1.54, 1.807) is 0 Å². The SMILES string of the molecule is CC1CCCC(C)C1Nc1ccc(C(F)(F)F)cc1C#N. The number of halogens is 3. The number of anilines is 1. The zero-order chi connectivity index (χ0) is 15.6. The second kappa shape index (κ2) is 5.97. The van der Waals surface area contributed by atoms with Crippen molar-refractivity contribution in [2.24, 2.45) is 11.8 Å². The minimum atomic E-state index is -4.42. The third kappa shape index (κ3) is 3.49. The van der Waals surface area contributed by atoms with Crippen molar-refractivity contribution in [2.45, 2.75) is 45.3 Å². The highest BCUT2D eigenvalue weighted by Crippen LogP contribution is 2.34. The Hall–Kier alpha value is -1.70. The van der Waals surface area contributed by atoms with Crippen LogP contribution in [-0.4, -0.2) is 6.04 Å². The number of nitrogens with one attached hydrogen (secondary N) is 1. The van der Waals surface area contributed by atoms with E-state index in [0.29, 0.717) is 17.5 Å². The fourth-order valence-corrected chi connectivity index (χ4v) is 3.08. The normalized spacial score (nSPS) is 26.2. The number of alkyl halides is 3. The minimum Gasteiger partial charge on any atom is -0.381 e. The summed E-state index contributed by atoms with van der Waals surface area (Å²) in [7, 11) is 0. The number of nitriles is 1. The first-order chi connectivity index (χ1) is 9.82. The molecule has 0 heterocycles. The molecule has 0 aromatic heterocycles. The lowest BCUT2D eigenvalue weighted by atomic mass is 9.78. The molecule has 114 valence electrons. The summed E-state index contributed by atoms with van der Waals surface area (Å²) in [6, 6.07) is 5.38. The van der Waals surface area contributed by atoms with Gasteiger partial charge in [0.1, 0.15) is 6.07 Å². The molecular weight excluding hydrogens is 277 g/mol. The number of hydrogen-bond donors (Lipinski definition) is 1. The summed E-state index contributed by atoms with van der Waals surface area (Å²) in [4.78, 5) is 0. The molecule has 0 spiro atoms. The molecule has 21 heavy (non-hydrogen) atoms. The molecule has 1 N–H and O–H groups in total. The van der Waals surface area contributed by atoms with Crippen LogP contribution in [0.2, 0.25) is 0 Å². The molecule has 1 aromatic rings. The molecule has 0 saturated heterocycles. The maximum absolute atomic E-state index is 12.7. The molecule has 0 aliphatic heterocycles. The molecule has 0 bridgehead atoms. The van der Waals surface area contributed by atoms with Gasteiger partial charge >= 0.3 is 6.18 Å². The summed E-state index contributed by atoms with van der Waals surface area (Å²) >= 11 is 0. The summed E-state index contributed by atoms with van der Waals surface area (Å²) in [6.45, 7) is 4.28. The van der Waals surface area contributed by atoms with Crippen molar-refractivity contribution in [3.05, 3.63) is 29.3 Å². The molecule has 2 atom stereocenters. The van der Waals surface area contributed by atoms with E-state index in [1.165, 1.54) is 12.5 Å². The van der Waals surface area contributed by atoms with Gasteiger partial charge in [0.05, 0.1) is 16.8 Å². The molecule has 2 nitrogen and oxygen atoms in total. The van der Waals surface area contributed by atoms with Crippen molar-refractivity contribution in [3.8, 4) is 6.07 Å². The Morgan fingerprint density at radius 1 is 1.19 bits per heavy atom. The van der Waals surface area contributed by atoms with E-state index in [0.717, 1.165) is 25.0 Å². The van der Waals surface area contributed by atoms with Crippen LogP contribution < -0.4 is 5.32 Å². The lowest BCUT2D eigenvalue weighted by molar-refractivity contribution is -0.137. The maximum Gasteiger partial charge on any atom is 0.416 e. The van der Waals surface area contributed by atoms with Gasteiger partial charge in [-0.05, 0) is 42.9 Å². The largest absolute Gasteiger partial charge is 0.416 e. The van der Waals surface area contributed by atoms with Crippen molar-refractivity contribution < 1.29 is 13.2 Å². The summed E-state index contributed by atoms with van der Waals surface area (Å²) < 4.78 is 38.1. The first-order valence-electron chi connectivity index (χ1n) is 7.21. The van der Waals surface area contributed by atoms with Gasteiger partial charge in [0.15, 0.2) is 0 Å². The molecule has 2 rings (SSSR count). The lowest BCUT2D eigenvalue weighted by Gasteiger charge is -2.36. The van der Waals surface area contributed by atoms with Crippen molar-refractivity contribution in [3.63, 3.8) is 0 Å². The van der Waals surface area contributed by atoms with Gasteiger partial charge in [0.2, 0.25) is 0 Å². The molecule has 1 aliphatic carbocycles. The predicted molar refractivity (Wildman–Crippen MR) is 75.7 cm³/mol. The van der Waals surface area contributed by atoms with Crippen LogP contribution in [0.5, 0.6) is 0 Å². The topological polar surface area (TPSA) is 35.8 Å². The average molecular weight is 296 g/mol. The number of rotatable bonds is 2. The van der Waals surface area contributed by atoms with Crippen LogP contribution in [0.4, 0.5) is 18.9 Å². The Labute approximate surface area is 123 Å².